The van der Waals surface area contributed by atoms with Gasteiger partial charge in [0, 0.05) is 30.2 Å². The second-order valence-corrected chi connectivity index (χ2v) is 6.39. The Bertz CT molecular complexity index is 642. The van der Waals surface area contributed by atoms with E-state index in [0.29, 0.717) is 5.02 Å². The van der Waals surface area contributed by atoms with Crippen molar-refractivity contribution >= 4 is 35.0 Å². The van der Waals surface area contributed by atoms with Gasteiger partial charge in [-0.05, 0) is 31.0 Å². The van der Waals surface area contributed by atoms with Crippen molar-refractivity contribution in [3.05, 3.63) is 41.2 Å². The van der Waals surface area contributed by atoms with Crippen LogP contribution in [0.3, 0.4) is 0 Å². The van der Waals surface area contributed by atoms with E-state index in [1.54, 1.807) is 12.3 Å². The highest BCUT2D eigenvalue weighted by molar-refractivity contribution is 8.00. The van der Waals surface area contributed by atoms with E-state index >= 15 is 0 Å². The third kappa shape index (κ3) is 4.02. The molecule has 0 fully saturated rings. The van der Waals surface area contributed by atoms with Gasteiger partial charge in [0.1, 0.15) is 0 Å². The van der Waals surface area contributed by atoms with E-state index < -0.39 is 0 Å². The maximum absolute atomic E-state index is 12.4. The van der Waals surface area contributed by atoms with Gasteiger partial charge >= 0.3 is 0 Å². The zero-order valence-electron chi connectivity index (χ0n) is 12.3. The molecule has 0 saturated carbocycles. The van der Waals surface area contributed by atoms with E-state index in [-0.39, 0.29) is 11.2 Å². The van der Waals surface area contributed by atoms with E-state index in [2.05, 4.69) is 10.3 Å². The summed E-state index contributed by atoms with van der Waals surface area (Å²) >= 11 is 7.45. The molecule has 1 atom stereocenters. The molecule has 1 unspecified atom stereocenters. The molecule has 2 rings (SSSR count). The SMILES string of the molecule is CCC(Sc1nccn1C)C(=O)Nc1cc(Cl)ccc1C. The molecule has 21 heavy (non-hydrogen) atoms. The monoisotopic (exact) mass is 323 g/mol. The molecule has 0 aliphatic carbocycles. The lowest BCUT2D eigenvalue weighted by Crippen LogP contribution is -2.25. The van der Waals surface area contributed by atoms with Crippen molar-refractivity contribution in [1.29, 1.82) is 0 Å². The van der Waals surface area contributed by atoms with E-state index in [1.807, 2.05) is 43.8 Å². The fraction of sp³-hybridized carbons (Fsp3) is 0.333. The van der Waals surface area contributed by atoms with Gasteiger partial charge in [0.25, 0.3) is 0 Å². The Morgan fingerprint density at radius 1 is 1.52 bits per heavy atom. The second-order valence-electron chi connectivity index (χ2n) is 4.78. The van der Waals surface area contributed by atoms with Gasteiger partial charge in [-0.2, -0.15) is 0 Å². The van der Waals surface area contributed by atoms with Crippen LogP contribution in [0.4, 0.5) is 5.69 Å². The summed E-state index contributed by atoms with van der Waals surface area (Å²) < 4.78 is 1.91. The zero-order valence-corrected chi connectivity index (χ0v) is 13.8. The second kappa shape index (κ2) is 7.00. The summed E-state index contributed by atoms with van der Waals surface area (Å²) in [5, 5.41) is 4.21. The summed E-state index contributed by atoms with van der Waals surface area (Å²) in [5.74, 6) is -0.0316. The number of benzene rings is 1. The summed E-state index contributed by atoms with van der Waals surface area (Å²) in [6, 6.07) is 5.48. The molecular weight excluding hydrogens is 306 g/mol. The van der Waals surface area contributed by atoms with Crippen molar-refractivity contribution in [3.63, 3.8) is 0 Å². The number of hydrogen-bond donors (Lipinski definition) is 1. The molecule has 1 aromatic carbocycles. The van der Waals surface area contributed by atoms with Crippen LogP contribution < -0.4 is 5.32 Å². The smallest absolute Gasteiger partial charge is 0.237 e. The van der Waals surface area contributed by atoms with E-state index in [0.717, 1.165) is 22.8 Å². The first-order valence-electron chi connectivity index (χ1n) is 6.72. The van der Waals surface area contributed by atoms with Crippen LogP contribution in [-0.4, -0.2) is 20.7 Å². The van der Waals surface area contributed by atoms with Crippen LogP contribution in [0.15, 0.2) is 35.7 Å². The lowest BCUT2D eigenvalue weighted by Gasteiger charge is -2.15. The molecule has 0 bridgehead atoms. The molecule has 0 aliphatic rings. The van der Waals surface area contributed by atoms with Gasteiger partial charge in [-0.3, -0.25) is 4.79 Å². The summed E-state index contributed by atoms with van der Waals surface area (Å²) in [6.45, 7) is 3.93. The van der Waals surface area contributed by atoms with Crippen LogP contribution in [0.25, 0.3) is 0 Å². The molecule has 4 nitrogen and oxygen atoms in total. The molecule has 0 saturated heterocycles. The minimum atomic E-state index is -0.190. The Morgan fingerprint density at radius 2 is 2.29 bits per heavy atom. The highest BCUT2D eigenvalue weighted by Gasteiger charge is 2.20. The van der Waals surface area contributed by atoms with Gasteiger partial charge in [-0.15, -0.1) is 0 Å². The number of amides is 1. The van der Waals surface area contributed by atoms with Crippen LogP contribution in [-0.2, 0) is 11.8 Å². The molecule has 2 aromatic rings. The molecule has 1 amide bonds. The van der Waals surface area contributed by atoms with E-state index in [1.165, 1.54) is 11.8 Å². The standard InChI is InChI=1S/C15H18ClN3OS/c1-4-13(21-15-17-7-8-19(15)3)14(20)18-12-9-11(16)6-5-10(12)2/h5-9,13H,4H2,1-3H3,(H,18,20). The Hall–Kier alpha value is -1.46. The Kier molecular flexibility index (Phi) is 5.31. The molecule has 1 N–H and O–H groups in total. The summed E-state index contributed by atoms with van der Waals surface area (Å²) in [7, 11) is 1.92. The number of imidazole rings is 1. The Balaban J connectivity index is 2.10. The van der Waals surface area contributed by atoms with Crippen molar-refractivity contribution < 1.29 is 4.79 Å². The van der Waals surface area contributed by atoms with Gasteiger partial charge in [0.15, 0.2) is 5.16 Å². The highest BCUT2D eigenvalue weighted by Crippen LogP contribution is 2.26. The van der Waals surface area contributed by atoms with Gasteiger partial charge < -0.3 is 9.88 Å². The summed E-state index contributed by atoms with van der Waals surface area (Å²) in [4.78, 5) is 16.7. The average Bonchev–Trinajstić information content (AvgIpc) is 2.85. The molecule has 0 aliphatic heterocycles. The van der Waals surface area contributed by atoms with E-state index in [4.69, 9.17) is 11.6 Å². The van der Waals surface area contributed by atoms with Crippen LogP contribution in [0, 0.1) is 6.92 Å². The van der Waals surface area contributed by atoms with Gasteiger partial charge in [-0.1, -0.05) is 36.4 Å². The van der Waals surface area contributed by atoms with Crippen molar-refractivity contribution in [2.24, 2.45) is 7.05 Å². The first-order valence-corrected chi connectivity index (χ1v) is 7.98. The molecule has 112 valence electrons. The highest BCUT2D eigenvalue weighted by atomic mass is 35.5. The van der Waals surface area contributed by atoms with Crippen LogP contribution in [0.2, 0.25) is 5.02 Å². The molecule has 6 heteroatoms. The number of nitrogens with zero attached hydrogens (tertiary/aromatic N) is 2. The van der Waals surface area contributed by atoms with Crippen molar-refractivity contribution in [1.82, 2.24) is 9.55 Å². The quantitative estimate of drug-likeness (QED) is 0.849. The van der Waals surface area contributed by atoms with Crippen LogP contribution in [0.1, 0.15) is 18.9 Å². The summed E-state index contributed by atoms with van der Waals surface area (Å²) in [5.41, 5.74) is 1.75. The maximum Gasteiger partial charge on any atom is 0.237 e. The number of aryl methyl sites for hydroxylation is 2. The lowest BCUT2D eigenvalue weighted by atomic mass is 10.2. The first kappa shape index (κ1) is 15.9. The molecule has 0 spiro atoms. The fourth-order valence-electron chi connectivity index (χ4n) is 1.86. The van der Waals surface area contributed by atoms with Gasteiger partial charge in [0.05, 0.1) is 5.25 Å². The zero-order chi connectivity index (χ0) is 15.4. The molecule has 1 heterocycles. The van der Waals surface area contributed by atoms with Gasteiger partial charge in [0.2, 0.25) is 5.91 Å². The lowest BCUT2D eigenvalue weighted by molar-refractivity contribution is -0.115. The number of rotatable bonds is 5. The van der Waals surface area contributed by atoms with Crippen molar-refractivity contribution in [3.8, 4) is 0 Å². The number of anilines is 1. The third-order valence-corrected chi connectivity index (χ3v) is 4.82. The minimum absolute atomic E-state index is 0.0316. The average molecular weight is 324 g/mol. The number of halogens is 1. The van der Waals surface area contributed by atoms with Crippen molar-refractivity contribution in [2.75, 3.05) is 5.32 Å². The molecular formula is C15H18ClN3OS. The normalized spacial score (nSPS) is 12.2. The third-order valence-electron chi connectivity index (χ3n) is 3.15. The number of thioether (sulfide) groups is 1. The van der Waals surface area contributed by atoms with Crippen LogP contribution >= 0.6 is 23.4 Å². The minimum Gasteiger partial charge on any atom is -0.329 e. The number of nitrogens with one attached hydrogen (secondary N) is 1. The molecule has 0 radical (unpaired) electrons. The Morgan fingerprint density at radius 3 is 2.90 bits per heavy atom. The number of aromatic nitrogens is 2. The van der Waals surface area contributed by atoms with Crippen molar-refractivity contribution in [2.45, 2.75) is 30.7 Å². The molecule has 1 aromatic heterocycles. The largest absolute Gasteiger partial charge is 0.329 e. The number of hydrogen-bond acceptors (Lipinski definition) is 3. The van der Waals surface area contributed by atoms with Gasteiger partial charge in [-0.25, -0.2) is 4.98 Å². The summed E-state index contributed by atoms with van der Waals surface area (Å²) in [6.07, 6.45) is 4.32. The predicted octanol–water partition coefficient (Wildman–Crippen LogP) is 3.89. The number of carbonyl (C=O) groups is 1. The topological polar surface area (TPSA) is 46.9 Å². The Labute approximate surface area is 133 Å². The van der Waals surface area contributed by atoms with Crippen LogP contribution in [0.5, 0.6) is 0 Å². The first-order chi connectivity index (χ1) is 10.0. The predicted molar refractivity (Wildman–Crippen MR) is 88.0 cm³/mol. The van der Waals surface area contributed by atoms with E-state index in [9.17, 15) is 4.79 Å². The number of carbonyl (C=O) groups excluding carboxylic acids is 1. The fourth-order valence-corrected chi connectivity index (χ4v) is 2.97. The maximum atomic E-state index is 12.4.